The van der Waals surface area contributed by atoms with Crippen LogP contribution in [0.5, 0.6) is 0 Å². The number of nitrogens with one attached hydrogen (secondary N) is 2. The van der Waals surface area contributed by atoms with E-state index in [-0.39, 0.29) is 63.1 Å². The Morgan fingerprint density at radius 3 is 2.55 bits per heavy atom. The van der Waals surface area contributed by atoms with Crippen molar-refractivity contribution in [2.75, 3.05) is 11.6 Å². The smallest absolute Gasteiger partial charge is 0.287 e. The number of likely N-dealkylation sites (tertiary alicyclic amines) is 1. The summed E-state index contributed by atoms with van der Waals surface area (Å²) in [5.74, 6) is -3.42. The van der Waals surface area contributed by atoms with Gasteiger partial charge >= 0.3 is 0 Å². The average molecular weight is 629 g/mol. The monoisotopic (exact) mass is 628 g/mol. The van der Waals surface area contributed by atoms with Crippen LogP contribution in [0.25, 0.3) is 0 Å². The summed E-state index contributed by atoms with van der Waals surface area (Å²) in [4.78, 5) is 29.5. The summed E-state index contributed by atoms with van der Waals surface area (Å²) in [6, 6.07) is 3.59. The van der Waals surface area contributed by atoms with Gasteiger partial charge in [-0.2, -0.15) is 8.42 Å². The minimum Gasteiger partial charge on any atom is -0.333 e. The van der Waals surface area contributed by atoms with Crippen LogP contribution in [0.3, 0.4) is 0 Å². The van der Waals surface area contributed by atoms with Crippen LogP contribution in [0.2, 0.25) is 5.02 Å². The summed E-state index contributed by atoms with van der Waals surface area (Å²) in [5.41, 5.74) is 0.735. The van der Waals surface area contributed by atoms with Crippen molar-refractivity contribution in [1.29, 1.82) is 0 Å². The number of fused-ring (bicyclic) bond motifs is 3. The number of ketones is 1. The van der Waals surface area contributed by atoms with Crippen molar-refractivity contribution in [3.05, 3.63) is 45.5 Å². The zero-order valence-corrected chi connectivity index (χ0v) is 24.5. The molecule has 3 aliphatic carbocycles. The second-order valence-corrected chi connectivity index (χ2v) is 15.5. The van der Waals surface area contributed by atoms with E-state index in [1.54, 1.807) is 4.90 Å². The SMILES string of the molecule is CS(=O)(=O)NCc1csc2c1S(=O)(=O)N=C(C1C(=O)[C@@H]3C4CCC(CC4)[C@@H]3N(Cc3ccc(F)cc3Cl)C1=O)N2. The molecule has 1 aromatic heterocycles. The lowest BCUT2D eigenvalue weighted by Crippen LogP contribution is -2.66. The Kier molecular flexibility index (Phi) is 6.85. The molecule has 3 saturated carbocycles. The van der Waals surface area contributed by atoms with E-state index in [1.165, 1.54) is 23.6 Å². The summed E-state index contributed by atoms with van der Waals surface area (Å²) in [6.45, 7) is -0.200. The Hall–Kier alpha value is -2.39. The number of piperidine rings is 1. The van der Waals surface area contributed by atoms with E-state index < -0.39 is 43.6 Å². The molecule has 15 heteroatoms. The Labute approximate surface area is 240 Å². The van der Waals surface area contributed by atoms with Crippen LogP contribution in [-0.4, -0.2) is 51.6 Å². The normalized spacial score (nSPS) is 29.0. The number of carbonyl (C=O) groups excluding carboxylic acids is 2. The first-order valence-corrected chi connectivity index (χ1v) is 17.4. The van der Waals surface area contributed by atoms with Gasteiger partial charge in [0.1, 0.15) is 21.5 Å². The van der Waals surface area contributed by atoms with Crippen LogP contribution in [-0.2, 0) is 42.7 Å². The number of carbonyl (C=O) groups is 2. The first kappa shape index (κ1) is 27.8. The molecule has 1 saturated heterocycles. The Bertz CT molecular complexity index is 1670. The van der Waals surface area contributed by atoms with Crippen LogP contribution < -0.4 is 10.0 Å². The highest BCUT2D eigenvalue weighted by atomic mass is 35.5. The molecule has 0 spiro atoms. The first-order valence-electron chi connectivity index (χ1n) is 12.8. The van der Waals surface area contributed by atoms with Crippen LogP contribution in [0.4, 0.5) is 9.39 Å². The summed E-state index contributed by atoms with van der Waals surface area (Å²) < 4.78 is 69.6. The molecule has 1 unspecified atom stereocenters. The summed E-state index contributed by atoms with van der Waals surface area (Å²) >= 11 is 7.33. The summed E-state index contributed by atoms with van der Waals surface area (Å²) in [6.07, 6.45) is 4.45. The number of sulfonamides is 2. The van der Waals surface area contributed by atoms with Gasteiger partial charge < -0.3 is 10.2 Å². The lowest BCUT2D eigenvalue weighted by molar-refractivity contribution is -0.162. The molecule has 4 fully saturated rings. The predicted molar refractivity (Wildman–Crippen MR) is 147 cm³/mol. The van der Waals surface area contributed by atoms with Gasteiger partial charge in [0.2, 0.25) is 15.9 Å². The lowest BCUT2D eigenvalue weighted by Gasteiger charge is -2.55. The van der Waals surface area contributed by atoms with E-state index in [1.807, 2.05) is 0 Å². The maximum Gasteiger partial charge on any atom is 0.287 e. The summed E-state index contributed by atoms with van der Waals surface area (Å²) in [7, 11) is -7.94. The molecule has 2 bridgehead atoms. The van der Waals surface area contributed by atoms with Gasteiger partial charge in [-0.3, -0.25) is 9.59 Å². The van der Waals surface area contributed by atoms with Crippen molar-refractivity contribution in [1.82, 2.24) is 9.62 Å². The molecule has 1 aromatic carbocycles. The maximum absolute atomic E-state index is 14.1. The van der Waals surface area contributed by atoms with E-state index in [2.05, 4.69) is 14.4 Å². The zero-order valence-electron chi connectivity index (χ0n) is 21.3. The number of Topliss-reactive ketones (excluding diaryl/α,β-unsaturated/α-hetero) is 1. The Morgan fingerprint density at radius 2 is 1.88 bits per heavy atom. The van der Waals surface area contributed by atoms with Gasteiger partial charge in [0.05, 0.1) is 6.26 Å². The van der Waals surface area contributed by atoms with Crippen LogP contribution in [0.15, 0.2) is 32.9 Å². The number of thiophene rings is 1. The van der Waals surface area contributed by atoms with Crippen molar-refractivity contribution < 1.29 is 30.8 Å². The first-order chi connectivity index (χ1) is 18.8. The molecule has 214 valence electrons. The molecule has 2 aliphatic heterocycles. The van der Waals surface area contributed by atoms with Crippen LogP contribution >= 0.6 is 22.9 Å². The third-order valence-corrected chi connectivity index (χ3v) is 11.9. The van der Waals surface area contributed by atoms with Gasteiger partial charge in [-0.15, -0.1) is 15.7 Å². The second kappa shape index (κ2) is 9.86. The number of halogens is 2. The van der Waals surface area contributed by atoms with Gasteiger partial charge in [0.25, 0.3) is 10.0 Å². The fourth-order valence-electron chi connectivity index (χ4n) is 6.68. The molecule has 2 aromatic rings. The summed E-state index contributed by atoms with van der Waals surface area (Å²) in [5, 5.41) is 4.73. The standard InChI is InChI=1S/C25H26ClFN4O6S3/c1-39(34,35)28-9-15-11-38-24-22(15)40(36,37)30-23(29-24)19-21(32)18-12-2-4-13(5-3-12)20(18)31(25(19)33)10-14-6-7-16(27)8-17(14)26/h6-8,11-13,18-20,28H,2-5,9-10H2,1H3,(H,29,30)/t12?,13?,18-,19?,20+/m1/s1. The van der Waals surface area contributed by atoms with Crippen molar-refractivity contribution in [2.24, 2.45) is 28.1 Å². The average Bonchev–Trinajstić information content (AvgIpc) is 3.30. The van der Waals surface area contributed by atoms with E-state index in [9.17, 15) is 30.8 Å². The number of rotatable bonds is 6. The van der Waals surface area contributed by atoms with Gasteiger partial charge in [0, 0.05) is 35.6 Å². The minimum absolute atomic E-state index is 0.0533. The molecule has 40 heavy (non-hydrogen) atoms. The lowest BCUT2D eigenvalue weighted by atomic mass is 9.57. The molecular weight excluding hydrogens is 603 g/mol. The van der Waals surface area contributed by atoms with Gasteiger partial charge in [-0.05, 0) is 60.6 Å². The molecule has 7 rings (SSSR count). The van der Waals surface area contributed by atoms with Crippen LogP contribution in [0, 0.1) is 29.5 Å². The number of hydrogen-bond donors (Lipinski definition) is 2. The Morgan fingerprint density at radius 1 is 1.18 bits per heavy atom. The van der Waals surface area contributed by atoms with Crippen LogP contribution in [0.1, 0.15) is 36.8 Å². The number of amidine groups is 1. The largest absolute Gasteiger partial charge is 0.333 e. The van der Waals surface area contributed by atoms with E-state index in [0.29, 0.717) is 5.56 Å². The van der Waals surface area contributed by atoms with Crippen molar-refractivity contribution in [2.45, 2.75) is 49.7 Å². The maximum atomic E-state index is 14.1. The highest BCUT2D eigenvalue weighted by Gasteiger charge is 2.58. The molecule has 5 aliphatic rings. The number of nitrogens with zero attached hydrogens (tertiary/aromatic N) is 2. The molecule has 1 amide bonds. The number of anilines is 1. The Balaban J connectivity index is 1.38. The fourth-order valence-corrected chi connectivity index (χ4v) is 9.98. The van der Waals surface area contributed by atoms with E-state index >= 15 is 0 Å². The predicted octanol–water partition coefficient (Wildman–Crippen LogP) is 3.14. The zero-order chi connectivity index (χ0) is 28.6. The van der Waals surface area contributed by atoms with Gasteiger partial charge in [0.15, 0.2) is 11.7 Å². The molecule has 10 nitrogen and oxygen atoms in total. The highest BCUT2D eigenvalue weighted by molar-refractivity contribution is 7.91. The highest BCUT2D eigenvalue weighted by Crippen LogP contribution is 2.51. The van der Waals surface area contributed by atoms with Gasteiger partial charge in [-0.25, -0.2) is 17.5 Å². The third kappa shape index (κ3) is 4.77. The van der Waals surface area contributed by atoms with Gasteiger partial charge in [-0.1, -0.05) is 17.7 Å². The second-order valence-electron chi connectivity index (χ2n) is 10.8. The fraction of sp³-hybridized carbons (Fsp3) is 0.480. The number of amides is 1. The molecule has 0 radical (unpaired) electrons. The number of benzene rings is 1. The van der Waals surface area contributed by atoms with E-state index in [0.717, 1.165) is 43.3 Å². The molecular formula is C25H26ClFN4O6S3. The minimum atomic E-state index is -4.35. The molecule has 2 N–H and O–H groups in total. The third-order valence-electron chi connectivity index (χ3n) is 8.37. The molecule has 3 heterocycles. The topological polar surface area (TPSA) is 142 Å². The quantitative estimate of drug-likeness (QED) is 0.468. The molecule has 3 atom stereocenters. The van der Waals surface area contributed by atoms with Crippen molar-refractivity contribution in [3.8, 4) is 0 Å². The van der Waals surface area contributed by atoms with Crippen molar-refractivity contribution >= 4 is 65.5 Å². The van der Waals surface area contributed by atoms with E-state index in [4.69, 9.17) is 11.6 Å². The van der Waals surface area contributed by atoms with Crippen molar-refractivity contribution in [3.63, 3.8) is 0 Å². The number of hydrogen-bond acceptors (Lipinski definition) is 8.